The van der Waals surface area contributed by atoms with E-state index in [1.165, 1.54) is 11.0 Å². The van der Waals surface area contributed by atoms with Crippen molar-refractivity contribution in [2.45, 2.75) is 24.7 Å². The van der Waals surface area contributed by atoms with Gasteiger partial charge in [0.15, 0.2) is 0 Å². The van der Waals surface area contributed by atoms with Crippen LogP contribution in [-0.2, 0) is 6.18 Å². The van der Waals surface area contributed by atoms with E-state index in [4.69, 9.17) is 4.74 Å². The second-order valence-corrected chi connectivity index (χ2v) is 7.14. The number of pyridine rings is 2. The molecule has 0 unspecified atom stereocenters. The van der Waals surface area contributed by atoms with Crippen molar-refractivity contribution < 1.29 is 32.9 Å². The molecule has 0 spiro atoms. The van der Waals surface area contributed by atoms with Gasteiger partial charge in [0, 0.05) is 24.2 Å². The molecule has 3 aromatic rings. The minimum atomic E-state index is -4.47. The number of hydrogen-bond donors (Lipinski definition) is 2. The summed E-state index contributed by atoms with van der Waals surface area (Å²) in [5.74, 6) is -0.0230. The largest absolute Gasteiger partial charge is 0.439 e. The lowest BCUT2D eigenvalue weighted by atomic mass is 10.1. The van der Waals surface area contributed by atoms with E-state index >= 15 is 0 Å². The van der Waals surface area contributed by atoms with Crippen molar-refractivity contribution in [3.63, 3.8) is 0 Å². The van der Waals surface area contributed by atoms with Gasteiger partial charge in [-0.1, -0.05) is 6.07 Å². The molecule has 2 N–H and O–H groups in total. The number of ether oxygens (including phenoxy) is 1. The van der Waals surface area contributed by atoms with Gasteiger partial charge in [-0.15, -0.1) is 0 Å². The summed E-state index contributed by atoms with van der Waals surface area (Å²) in [4.78, 5) is 22.2. The van der Waals surface area contributed by atoms with Crippen molar-refractivity contribution in [3.05, 3.63) is 59.9 Å². The maximum absolute atomic E-state index is 12.7. The van der Waals surface area contributed by atoms with E-state index in [-0.39, 0.29) is 24.1 Å². The molecule has 7 nitrogen and oxygen atoms in total. The van der Waals surface area contributed by atoms with Gasteiger partial charge in [-0.2, -0.15) is 13.2 Å². The monoisotopic (exact) mass is 433 g/mol. The van der Waals surface area contributed by atoms with Gasteiger partial charge in [0.1, 0.15) is 11.4 Å². The Kier molecular flexibility index (Phi) is 5.50. The van der Waals surface area contributed by atoms with Gasteiger partial charge in [0.2, 0.25) is 5.88 Å². The number of carbonyl (C=O) groups is 1. The zero-order valence-electron chi connectivity index (χ0n) is 16.1. The third kappa shape index (κ3) is 4.30. The summed E-state index contributed by atoms with van der Waals surface area (Å²) in [6, 6.07) is 9.39. The maximum atomic E-state index is 12.7. The molecule has 2 atom stereocenters. The highest BCUT2D eigenvalue weighted by Gasteiger charge is 2.36. The molecule has 31 heavy (non-hydrogen) atoms. The summed E-state index contributed by atoms with van der Waals surface area (Å²) in [6.45, 7) is -0.00295. The number of carbonyl (C=O) groups excluding carboxylic acids is 1. The number of nitrogens with zero attached hydrogens (tertiary/aromatic N) is 3. The SMILES string of the molecule is O=C(c1ccc2cc(Oc3ccc(C(F)(F)F)cn3)ccc2n1)N1CC[C@H](O)[C@H]1CO. The number of aliphatic hydroxyl groups excluding tert-OH is 2. The minimum absolute atomic E-state index is 0.00902. The molecule has 162 valence electrons. The molecular formula is C21H18F3N3O4. The summed E-state index contributed by atoms with van der Waals surface area (Å²) in [7, 11) is 0. The summed E-state index contributed by atoms with van der Waals surface area (Å²) in [6.07, 6.45) is -4.15. The lowest BCUT2D eigenvalue weighted by molar-refractivity contribution is -0.137. The molecule has 0 radical (unpaired) electrons. The van der Waals surface area contributed by atoms with Crippen LogP contribution in [0.3, 0.4) is 0 Å². The molecule has 0 aliphatic carbocycles. The molecule has 0 saturated carbocycles. The number of fused-ring (bicyclic) bond motifs is 1. The van der Waals surface area contributed by atoms with Gasteiger partial charge in [-0.3, -0.25) is 4.79 Å². The number of hydrogen-bond acceptors (Lipinski definition) is 6. The van der Waals surface area contributed by atoms with Gasteiger partial charge in [0.25, 0.3) is 5.91 Å². The molecular weight excluding hydrogens is 415 g/mol. The van der Waals surface area contributed by atoms with E-state index in [2.05, 4.69) is 9.97 Å². The van der Waals surface area contributed by atoms with Gasteiger partial charge >= 0.3 is 6.18 Å². The Bertz CT molecular complexity index is 1110. The van der Waals surface area contributed by atoms with Crippen LogP contribution in [0, 0.1) is 0 Å². The molecule has 1 saturated heterocycles. The highest BCUT2D eigenvalue weighted by molar-refractivity contribution is 5.95. The van der Waals surface area contributed by atoms with Crippen LogP contribution in [0.2, 0.25) is 0 Å². The van der Waals surface area contributed by atoms with Crippen LogP contribution in [0.4, 0.5) is 13.2 Å². The third-order valence-corrected chi connectivity index (χ3v) is 5.12. The average Bonchev–Trinajstić information content (AvgIpc) is 3.13. The fraction of sp³-hybridized carbons (Fsp3) is 0.286. The average molecular weight is 433 g/mol. The minimum Gasteiger partial charge on any atom is -0.439 e. The van der Waals surface area contributed by atoms with Crippen molar-refractivity contribution >= 4 is 16.8 Å². The van der Waals surface area contributed by atoms with Gasteiger partial charge in [-0.05, 0) is 36.8 Å². The Morgan fingerprint density at radius 1 is 1.19 bits per heavy atom. The zero-order chi connectivity index (χ0) is 22.2. The topological polar surface area (TPSA) is 95.8 Å². The van der Waals surface area contributed by atoms with Gasteiger partial charge in [0.05, 0.1) is 29.8 Å². The number of aromatic nitrogens is 2. The predicted molar refractivity (Wildman–Crippen MR) is 104 cm³/mol. The molecule has 4 rings (SSSR count). The highest BCUT2D eigenvalue weighted by Crippen LogP contribution is 2.30. The third-order valence-electron chi connectivity index (χ3n) is 5.12. The summed E-state index contributed by atoms with van der Waals surface area (Å²) in [5, 5.41) is 20.0. The lowest BCUT2D eigenvalue weighted by Crippen LogP contribution is -2.42. The van der Waals surface area contributed by atoms with Crippen molar-refractivity contribution in [3.8, 4) is 11.6 Å². The van der Waals surface area contributed by atoms with Crippen LogP contribution in [-0.4, -0.2) is 56.3 Å². The van der Waals surface area contributed by atoms with Crippen LogP contribution < -0.4 is 4.74 Å². The zero-order valence-corrected chi connectivity index (χ0v) is 16.1. The Balaban J connectivity index is 1.52. The molecule has 10 heteroatoms. The summed E-state index contributed by atoms with van der Waals surface area (Å²) < 4.78 is 43.4. The first-order chi connectivity index (χ1) is 14.8. The molecule has 3 heterocycles. The molecule has 1 fully saturated rings. The lowest BCUT2D eigenvalue weighted by Gasteiger charge is -2.24. The number of rotatable bonds is 4. The van der Waals surface area contributed by atoms with Crippen molar-refractivity contribution in [2.75, 3.05) is 13.2 Å². The molecule has 1 aliphatic heterocycles. The number of amides is 1. The molecule has 1 aromatic carbocycles. The molecule has 1 amide bonds. The van der Waals surface area contributed by atoms with Crippen molar-refractivity contribution in [2.24, 2.45) is 0 Å². The Morgan fingerprint density at radius 3 is 2.68 bits per heavy atom. The van der Waals surface area contributed by atoms with Crippen LogP contribution in [0.1, 0.15) is 22.5 Å². The number of likely N-dealkylation sites (tertiary alicyclic amines) is 1. The first-order valence-electron chi connectivity index (χ1n) is 9.48. The van der Waals surface area contributed by atoms with E-state index in [0.29, 0.717) is 35.8 Å². The van der Waals surface area contributed by atoms with Crippen LogP contribution in [0.5, 0.6) is 11.6 Å². The van der Waals surface area contributed by atoms with Gasteiger partial charge in [-0.25, -0.2) is 9.97 Å². The summed E-state index contributed by atoms with van der Waals surface area (Å²) >= 11 is 0. The van der Waals surface area contributed by atoms with E-state index in [9.17, 15) is 28.2 Å². The number of benzene rings is 1. The first-order valence-corrected chi connectivity index (χ1v) is 9.48. The van der Waals surface area contributed by atoms with Crippen LogP contribution in [0.25, 0.3) is 10.9 Å². The quantitative estimate of drug-likeness (QED) is 0.657. The van der Waals surface area contributed by atoms with Crippen LogP contribution >= 0.6 is 0 Å². The number of halogens is 3. The Labute approximate surface area is 174 Å². The van der Waals surface area contributed by atoms with E-state index in [0.717, 1.165) is 12.1 Å². The highest BCUT2D eigenvalue weighted by atomic mass is 19.4. The Hall–Kier alpha value is -3.24. The standard InChI is InChI=1S/C21H18F3N3O4/c22-21(23,24)13-2-6-19(25-10-13)31-14-3-5-15-12(9-14)1-4-16(26-15)20(30)27-8-7-18(29)17(27)11-28/h1-6,9-10,17-18,28-29H,7-8,11H2/t17-,18+/m1/s1. The first kappa shape index (κ1) is 21.0. The van der Waals surface area contributed by atoms with Crippen molar-refractivity contribution in [1.82, 2.24) is 14.9 Å². The second-order valence-electron chi connectivity index (χ2n) is 7.14. The smallest absolute Gasteiger partial charge is 0.417 e. The molecule has 2 aromatic heterocycles. The molecule has 1 aliphatic rings. The fourth-order valence-corrected chi connectivity index (χ4v) is 3.47. The van der Waals surface area contributed by atoms with E-state index in [1.54, 1.807) is 24.3 Å². The predicted octanol–water partition coefficient (Wildman–Crippen LogP) is 3.01. The van der Waals surface area contributed by atoms with E-state index in [1.807, 2.05) is 0 Å². The van der Waals surface area contributed by atoms with E-state index < -0.39 is 23.9 Å². The Morgan fingerprint density at radius 2 is 2.00 bits per heavy atom. The van der Waals surface area contributed by atoms with Crippen LogP contribution in [0.15, 0.2) is 48.7 Å². The normalized spacial score (nSPS) is 19.1. The summed E-state index contributed by atoms with van der Waals surface area (Å²) in [5.41, 5.74) is -0.175. The second kappa shape index (κ2) is 8.12. The maximum Gasteiger partial charge on any atom is 0.417 e. The fourth-order valence-electron chi connectivity index (χ4n) is 3.47. The number of alkyl halides is 3. The number of aliphatic hydroxyl groups is 2. The van der Waals surface area contributed by atoms with Crippen molar-refractivity contribution in [1.29, 1.82) is 0 Å². The molecule has 0 bridgehead atoms. The van der Waals surface area contributed by atoms with Gasteiger partial charge < -0.3 is 19.8 Å².